The highest BCUT2D eigenvalue weighted by atomic mass is 16.2. The Morgan fingerprint density at radius 3 is 1.76 bits per heavy atom. The lowest BCUT2D eigenvalue weighted by Gasteiger charge is -2.36. The Balaban J connectivity index is 4.58. The van der Waals surface area contributed by atoms with E-state index in [4.69, 9.17) is 5.73 Å². The van der Waals surface area contributed by atoms with Crippen LogP contribution in [0.2, 0.25) is 0 Å². The van der Waals surface area contributed by atoms with Gasteiger partial charge in [-0.1, -0.05) is 41.5 Å². The molecule has 0 fully saturated rings. The topological polar surface area (TPSA) is 55.1 Å². The predicted octanol–water partition coefficient (Wildman–Crippen LogP) is 2.69. The van der Waals surface area contributed by atoms with Crippen molar-refractivity contribution < 1.29 is 4.79 Å². The van der Waals surface area contributed by atoms with E-state index in [-0.39, 0.29) is 22.3 Å². The first-order chi connectivity index (χ1) is 7.25. The Morgan fingerprint density at radius 2 is 1.47 bits per heavy atom. The second-order valence-electron chi connectivity index (χ2n) is 7.95. The molecule has 0 heterocycles. The Labute approximate surface area is 107 Å². The Bertz CT molecular complexity index is 269. The molecule has 3 N–H and O–H groups in total. The summed E-state index contributed by atoms with van der Waals surface area (Å²) in [5.74, 6) is -0.0632. The van der Waals surface area contributed by atoms with Crippen LogP contribution in [0.25, 0.3) is 0 Å². The molecule has 102 valence electrons. The second-order valence-corrected chi connectivity index (χ2v) is 7.95. The van der Waals surface area contributed by atoms with Crippen LogP contribution in [0.1, 0.15) is 61.8 Å². The highest BCUT2D eigenvalue weighted by Gasteiger charge is 2.32. The lowest BCUT2D eigenvalue weighted by molar-refractivity contribution is -0.126. The minimum Gasteiger partial charge on any atom is -0.350 e. The molecule has 0 aromatic rings. The third-order valence-corrected chi connectivity index (χ3v) is 2.65. The highest BCUT2D eigenvalue weighted by Crippen LogP contribution is 2.27. The zero-order valence-corrected chi connectivity index (χ0v) is 12.8. The smallest absolute Gasteiger partial charge is 0.237 e. The minimum absolute atomic E-state index is 0.0632. The van der Waals surface area contributed by atoms with E-state index in [2.05, 4.69) is 26.1 Å². The van der Waals surface area contributed by atoms with Gasteiger partial charge in [0.1, 0.15) is 0 Å². The number of nitrogens with one attached hydrogen (secondary N) is 1. The van der Waals surface area contributed by atoms with Gasteiger partial charge in [0.05, 0.1) is 6.04 Å². The second kappa shape index (κ2) is 4.97. The summed E-state index contributed by atoms with van der Waals surface area (Å²) in [5.41, 5.74) is 5.71. The van der Waals surface area contributed by atoms with Gasteiger partial charge in [-0.3, -0.25) is 4.79 Å². The summed E-state index contributed by atoms with van der Waals surface area (Å²) >= 11 is 0. The predicted molar refractivity (Wildman–Crippen MR) is 73.7 cm³/mol. The van der Waals surface area contributed by atoms with Crippen molar-refractivity contribution in [1.82, 2.24) is 5.32 Å². The van der Waals surface area contributed by atoms with E-state index in [9.17, 15) is 4.79 Å². The Morgan fingerprint density at radius 1 is 1.06 bits per heavy atom. The minimum atomic E-state index is -0.471. The van der Waals surface area contributed by atoms with Crippen LogP contribution in [0, 0.1) is 10.8 Å². The normalized spacial score (nSPS) is 15.6. The number of hydrogen-bond donors (Lipinski definition) is 2. The fraction of sp³-hybridized carbons (Fsp3) is 0.929. The summed E-state index contributed by atoms with van der Waals surface area (Å²) < 4.78 is 0. The number of nitrogens with two attached hydrogens (primary N) is 1. The zero-order chi connectivity index (χ0) is 14.1. The average Bonchev–Trinajstić information content (AvgIpc) is 1.94. The van der Waals surface area contributed by atoms with Gasteiger partial charge in [0.2, 0.25) is 5.91 Å². The molecule has 0 rings (SSSR count). The molecule has 0 saturated heterocycles. The molecule has 3 nitrogen and oxygen atoms in total. The van der Waals surface area contributed by atoms with Crippen molar-refractivity contribution in [1.29, 1.82) is 0 Å². The maximum absolute atomic E-state index is 12.1. The molecule has 1 amide bonds. The molecule has 3 heteroatoms. The van der Waals surface area contributed by atoms with Crippen molar-refractivity contribution in [3.8, 4) is 0 Å². The largest absolute Gasteiger partial charge is 0.350 e. The van der Waals surface area contributed by atoms with Gasteiger partial charge < -0.3 is 11.1 Å². The van der Waals surface area contributed by atoms with E-state index in [0.29, 0.717) is 0 Å². The molecule has 17 heavy (non-hydrogen) atoms. The van der Waals surface area contributed by atoms with Crippen LogP contribution >= 0.6 is 0 Å². The van der Waals surface area contributed by atoms with Crippen molar-refractivity contribution >= 4 is 5.91 Å². The first-order valence-electron chi connectivity index (χ1n) is 6.32. The molecule has 0 aromatic carbocycles. The summed E-state index contributed by atoms with van der Waals surface area (Å²) in [6, 6.07) is -0.471. The quantitative estimate of drug-likeness (QED) is 0.799. The van der Waals surface area contributed by atoms with E-state index in [1.54, 1.807) is 0 Å². The summed E-state index contributed by atoms with van der Waals surface area (Å²) in [5, 5.41) is 3.06. The van der Waals surface area contributed by atoms with Crippen LogP contribution in [0.15, 0.2) is 0 Å². The van der Waals surface area contributed by atoms with Crippen molar-refractivity contribution in [2.45, 2.75) is 73.4 Å². The Hall–Kier alpha value is -0.570. The van der Waals surface area contributed by atoms with Gasteiger partial charge >= 0.3 is 0 Å². The molecule has 0 aromatic heterocycles. The third kappa shape index (κ3) is 6.67. The van der Waals surface area contributed by atoms with Gasteiger partial charge in [-0.15, -0.1) is 0 Å². The average molecular weight is 242 g/mol. The molecule has 1 atom stereocenters. The fourth-order valence-corrected chi connectivity index (χ4v) is 2.17. The third-order valence-electron chi connectivity index (χ3n) is 2.65. The van der Waals surface area contributed by atoms with Crippen LogP contribution in [-0.2, 0) is 4.79 Å². The monoisotopic (exact) mass is 242 g/mol. The first-order valence-corrected chi connectivity index (χ1v) is 6.32. The Kier molecular flexibility index (Phi) is 4.80. The van der Waals surface area contributed by atoms with Gasteiger partial charge in [-0.2, -0.15) is 0 Å². The maximum atomic E-state index is 12.1. The standard InChI is InChI=1S/C14H30N2O/c1-12(2,3)9-14(7,8)16-11(17)10(15)13(4,5)6/h10H,9,15H2,1-8H3,(H,16,17). The zero-order valence-electron chi connectivity index (χ0n) is 12.8. The molecular weight excluding hydrogens is 212 g/mol. The molecule has 0 spiro atoms. The van der Waals surface area contributed by atoms with Gasteiger partial charge in [-0.25, -0.2) is 0 Å². The summed E-state index contributed by atoms with van der Waals surface area (Å²) in [6.45, 7) is 16.5. The van der Waals surface area contributed by atoms with Crippen molar-refractivity contribution in [2.24, 2.45) is 16.6 Å². The number of rotatable bonds is 3. The molecule has 1 unspecified atom stereocenters. The van der Waals surface area contributed by atoms with Crippen LogP contribution in [-0.4, -0.2) is 17.5 Å². The fourth-order valence-electron chi connectivity index (χ4n) is 2.17. The maximum Gasteiger partial charge on any atom is 0.237 e. The number of carbonyl (C=O) groups is 1. The molecule has 0 bridgehead atoms. The number of amides is 1. The van der Waals surface area contributed by atoms with Gasteiger partial charge in [0.25, 0.3) is 0 Å². The lowest BCUT2D eigenvalue weighted by Crippen LogP contribution is -2.55. The molecule has 0 saturated carbocycles. The van der Waals surface area contributed by atoms with Crippen molar-refractivity contribution in [3.63, 3.8) is 0 Å². The number of carbonyl (C=O) groups excluding carboxylic acids is 1. The lowest BCUT2D eigenvalue weighted by atomic mass is 9.81. The summed E-state index contributed by atoms with van der Waals surface area (Å²) in [7, 11) is 0. The summed E-state index contributed by atoms with van der Waals surface area (Å²) in [4.78, 5) is 12.1. The van der Waals surface area contributed by atoms with Gasteiger partial charge in [0, 0.05) is 5.54 Å². The van der Waals surface area contributed by atoms with Crippen LogP contribution in [0.5, 0.6) is 0 Å². The van der Waals surface area contributed by atoms with Crippen LogP contribution < -0.4 is 11.1 Å². The van der Waals surface area contributed by atoms with E-state index < -0.39 is 6.04 Å². The van der Waals surface area contributed by atoms with E-state index in [0.717, 1.165) is 6.42 Å². The first kappa shape index (κ1) is 16.4. The molecule has 0 aliphatic rings. The SMILES string of the molecule is CC(C)(C)CC(C)(C)NC(=O)C(N)C(C)(C)C. The van der Waals surface area contributed by atoms with E-state index >= 15 is 0 Å². The van der Waals surface area contributed by atoms with Crippen molar-refractivity contribution in [3.05, 3.63) is 0 Å². The van der Waals surface area contributed by atoms with Crippen LogP contribution in [0.4, 0.5) is 0 Å². The summed E-state index contributed by atoms with van der Waals surface area (Å²) in [6.07, 6.45) is 0.919. The number of hydrogen-bond acceptors (Lipinski definition) is 2. The van der Waals surface area contributed by atoms with Crippen LogP contribution in [0.3, 0.4) is 0 Å². The molecule has 0 radical (unpaired) electrons. The molecular formula is C14H30N2O. The van der Waals surface area contributed by atoms with Gasteiger partial charge in [0.15, 0.2) is 0 Å². The molecule has 0 aliphatic heterocycles. The van der Waals surface area contributed by atoms with E-state index in [1.807, 2.05) is 34.6 Å². The highest BCUT2D eigenvalue weighted by molar-refractivity contribution is 5.82. The van der Waals surface area contributed by atoms with E-state index in [1.165, 1.54) is 0 Å². The van der Waals surface area contributed by atoms with Gasteiger partial charge in [-0.05, 0) is 31.1 Å². The molecule has 0 aliphatic carbocycles. The van der Waals surface area contributed by atoms with Crippen molar-refractivity contribution in [2.75, 3.05) is 0 Å².